The van der Waals surface area contributed by atoms with Gasteiger partial charge in [0.1, 0.15) is 18.3 Å². The maximum absolute atomic E-state index is 14.5. The van der Waals surface area contributed by atoms with Gasteiger partial charge in [-0.1, -0.05) is 48.5 Å². The molecule has 11 heteroatoms. The van der Waals surface area contributed by atoms with E-state index in [9.17, 15) is 18.8 Å². The number of carbonyl (C=O) groups excluding carboxylic acids is 1. The number of nitriles is 1. The Morgan fingerprint density at radius 1 is 1.17 bits per heavy atom. The minimum absolute atomic E-state index is 0.0318. The van der Waals surface area contributed by atoms with Crippen molar-refractivity contribution in [3.05, 3.63) is 72.2 Å². The molecule has 0 saturated carbocycles. The lowest BCUT2D eigenvalue weighted by Crippen LogP contribution is -2.55. The molecule has 3 fully saturated rings. The average Bonchev–Trinajstić information content (AvgIpc) is 3.58. The van der Waals surface area contributed by atoms with Gasteiger partial charge in [0.05, 0.1) is 35.3 Å². The fourth-order valence-corrected chi connectivity index (χ4v) is 7.79. The lowest BCUT2D eigenvalue weighted by molar-refractivity contribution is -0.131. The number of fused-ring (bicyclic) bond motifs is 3. The van der Waals surface area contributed by atoms with E-state index in [0.717, 1.165) is 47.0 Å². The van der Waals surface area contributed by atoms with E-state index >= 15 is 0 Å². The summed E-state index contributed by atoms with van der Waals surface area (Å²) in [6.07, 6.45) is 3.26. The Morgan fingerprint density at radius 2 is 2.00 bits per heavy atom. The Bertz CT molecular complexity index is 1890. The minimum Gasteiger partial charge on any atom is -0.476 e. The van der Waals surface area contributed by atoms with Crippen LogP contribution in [0.4, 0.5) is 14.5 Å². The summed E-state index contributed by atoms with van der Waals surface area (Å²) in [4.78, 5) is 27.9. The first-order valence-corrected chi connectivity index (χ1v) is 15.9. The number of hydrogen-bond donors (Lipinski definition) is 0. The topological polar surface area (TPSA) is 85.6 Å². The molecule has 0 radical (unpaired) electrons. The Kier molecular flexibility index (Phi) is 7.99. The van der Waals surface area contributed by atoms with Crippen LogP contribution in [0.2, 0.25) is 5.02 Å². The average molecular weight is 643 g/mol. The predicted octanol–water partition coefficient (Wildman–Crippen LogP) is 6.47. The molecule has 0 aliphatic carbocycles. The van der Waals surface area contributed by atoms with Crippen molar-refractivity contribution >= 4 is 45.0 Å². The molecule has 0 N–H and O–H groups in total. The fourth-order valence-electron chi connectivity index (χ4n) is 7.50. The van der Waals surface area contributed by atoms with E-state index in [1.165, 1.54) is 4.90 Å². The summed E-state index contributed by atoms with van der Waals surface area (Å²) in [5.74, 6) is -1.47. The molecule has 3 aliphatic rings. The van der Waals surface area contributed by atoms with Crippen molar-refractivity contribution in [2.75, 3.05) is 44.2 Å². The van der Waals surface area contributed by atoms with Crippen LogP contribution in [0.1, 0.15) is 25.7 Å². The second-order valence-corrected chi connectivity index (χ2v) is 12.9. The first kappa shape index (κ1) is 30.3. The number of alkyl halides is 1. The quantitative estimate of drug-likeness (QED) is 0.214. The molecule has 0 spiro atoms. The van der Waals surface area contributed by atoms with E-state index in [-0.39, 0.29) is 25.0 Å². The molecule has 2 aromatic heterocycles. The number of piperazine rings is 1. The highest BCUT2D eigenvalue weighted by molar-refractivity contribution is 6.36. The van der Waals surface area contributed by atoms with Gasteiger partial charge in [0.15, 0.2) is 5.83 Å². The molecular weight excluding hydrogens is 610 g/mol. The molecule has 3 saturated heterocycles. The number of pyridine rings is 2. The number of amides is 1. The van der Waals surface area contributed by atoms with Gasteiger partial charge in [-0.15, -0.1) is 0 Å². The molecule has 236 valence electrons. The fraction of sp³-hybridized carbons (Fsp3) is 0.371. The van der Waals surface area contributed by atoms with E-state index in [0.29, 0.717) is 48.1 Å². The maximum Gasteiger partial charge on any atom is 0.282 e. The van der Waals surface area contributed by atoms with Crippen LogP contribution in [0.3, 0.4) is 0 Å². The summed E-state index contributed by atoms with van der Waals surface area (Å²) in [5, 5.41) is 12.1. The third-order valence-corrected chi connectivity index (χ3v) is 9.97. The standard InChI is InChI=1S/C35H33ClF2N6O2/c1-22(37)34(45)44-14-13-42(20-26(44)9-11-39)30-16-31(46-21-35-10-4-12-43(35)19-25(38)17-35)41-29-15-24(18-40-33(29)30)27-7-2-5-23-6-3-8-28(36)32(23)27/h2-3,5-8,15-16,18,25-26H,1,4,9-10,12-14,17,19-21H2/t25?,26-,35?/m0/s1. The van der Waals surface area contributed by atoms with Gasteiger partial charge in [-0.2, -0.15) is 5.26 Å². The van der Waals surface area contributed by atoms with Gasteiger partial charge >= 0.3 is 0 Å². The van der Waals surface area contributed by atoms with Crippen molar-refractivity contribution in [1.29, 1.82) is 5.26 Å². The number of benzene rings is 2. The van der Waals surface area contributed by atoms with Crippen molar-refractivity contribution < 1.29 is 18.3 Å². The van der Waals surface area contributed by atoms with Gasteiger partial charge in [-0.25, -0.2) is 13.8 Å². The van der Waals surface area contributed by atoms with E-state index < -0.39 is 23.9 Å². The third-order valence-electron chi connectivity index (χ3n) is 9.66. The molecule has 46 heavy (non-hydrogen) atoms. The number of hydrogen-bond acceptors (Lipinski definition) is 7. The summed E-state index contributed by atoms with van der Waals surface area (Å²) in [6, 6.07) is 17.2. The van der Waals surface area contributed by atoms with Crippen LogP contribution < -0.4 is 9.64 Å². The Labute approximate surface area is 270 Å². The molecule has 1 amide bonds. The van der Waals surface area contributed by atoms with E-state index in [1.54, 1.807) is 6.20 Å². The number of nitrogens with zero attached hydrogens (tertiary/aromatic N) is 6. The summed E-state index contributed by atoms with van der Waals surface area (Å²) in [7, 11) is 0. The first-order valence-electron chi connectivity index (χ1n) is 15.5. The Balaban J connectivity index is 1.29. The van der Waals surface area contributed by atoms with Crippen molar-refractivity contribution in [3.8, 4) is 23.1 Å². The van der Waals surface area contributed by atoms with Crippen LogP contribution in [0.25, 0.3) is 32.9 Å². The third kappa shape index (κ3) is 5.41. The van der Waals surface area contributed by atoms with E-state index in [1.807, 2.05) is 53.4 Å². The maximum atomic E-state index is 14.5. The smallest absolute Gasteiger partial charge is 0.282 e. The van der Waals surface area contributed by atoms with Crippen molar-refractivity contribution in [3.63, 3.8) is 0 Å². The number of halogens is 3. The highest BCUT2D eigenvalue weighted by atomic mass is 35.5. The zero-order valence-electron chi connectivity index (χ0n) is 25.3. The largest absolute Gasteiger partial charge is 0.476 e. The zero-order chi connectivity index (χ0) is 32.0. The minimum atomic E-state index is -1.05. The second kappa shape index (κ2) is 12.1. The van der Waals surface area contributed by atoms with Crippen molar-refractivity contribution in [2.45, 2.75) is 43.4 Å². The normalized spacial score (nSPS) is 23.1. The molecular formula is C35H33ClF2N6O2. The van der Waals surface area contributed by atoms with Gasteiger partial charge in [-0.3, -0.25) is 14.7 Å². The SMILES string of the molecule is C=C(F)C(=O)N1CCN(c2cc(OCC34CCCN3CC(F)C4)nc3cc(-c4cccc5cccc(Cl)c45)cnc23)C[C@@H]1CC#N. The van der Waals surface area contributed by atoms with Crippen molar-refractivity contribution in [1.82, 2.24) is 19.8 Å². The molecule has 4 aromatic rings. The number of carbonyl (C=O) groups is 1. The van der Waals surface area contributed by atoms with Crippen LogP contribution in [-0.4, -0.2) is 82.8 Å². The summed E-state index contributed by atoms with van der Waals surface area (Å²) in [6.45, 7) is 5.63. The number of ether oxygens (including phenoxy) is 1. The molecule has 8 nitrogen and oxygen atoms in total. The molecule has 3 atom stereocenters. The highest BCUT2D eigenvalue weighted by Gasteiger charge is 2.49. The molecule has 7 rings (SSSR count). The molecule has 0 bridgehead atoms. The van der Waals surface area contributed by atoms with Gasteiger partial charge < -0.3 is 14.5 Å². The van der Waals surface area contributed by atoms with E-state index in [2.05, 4.69) is 17.5 Å². The number of aromatic nitrogens is 2. The van der Waals surface area contributed by atoms with E-state index in [4.69, 9.17) is 26.3 Å². The molecule has 2 aromatic carbocycles. The van der Waals surface area contributed by atoms with Crippen LogP contribution in [0.15, 0.2) is 67.1 Å². The molecule has 5 heterocycles. The Morgan fingerprint density at radius 3 is 2.80 bits per heavy atom. The van der Waals surface area contributed by atoms with Gasteiger partial charge in [0.25, 0.3) is 5.91 Å². The predicted molar refractivity (Wildman–Crippen MR) is 174 cm³/mol. The number of anilines is 1. The first-order chi connectivity index (χ1) is 22.3. The summed E-state index contributed by atoms with van der Waals surface area (Å²) in [5.41, 5.74) is 3.34. The van der Waals surface area contributed by atoms with Crippen molar-refractivity contribution in [2.24, 2.45) is 0 Å². The zero-order valence-corrected chi connectivity index (χ0v) is 26.0. The molecule has 3 aliphatic heterocycles. The van der Waals surface area contributed by atoms with Gasteiger partial charge in [-0.05, 0) is 42.5 Å². The van der Waals surface area contributed by atoms with Gasteiger partial charge in [0.2, 0.25) is 5.88 Å². The summed E-state index contributed by atoms with van der Waals surface area (Å²) >= 11 is 6.66. The van der Waals surface area contributed by atoms with Crippen LogP contribution in [0.5, 0.6) is 5.88 Å². The monoisotopic (exact) mass is 642 g/mol. The van der Waals surface area contributed by atoms with Crippen LogP contribution >= 0.6 is 11.6 Å². The van der Waals surface area contributed by atoms with Gasteiger partial charge in [0, 0.05) is 60.8 Å². The molecule has 2 unspecified atom stereocenters. The lowest BCUT2D eigenvalue weighted by atomic mass is 9.95. The number of rotatable bonds is 7. The Hall–Kier alpha value is -4.33. The second-order valence-electron chi connectivity index (χ2n) is 12.4. The van der Waals surface area contributed by atoms with Crippen LogP contribution in [-0.2, 0) is 4.79 Å². The highest BCUT2D eigenvalue weighted by Crippen LogP contribution is 2.41. The summed E-state index contributed by atoms with van der Waals surface area (Å²) < 4.78 is 34.8. The lowest BCUT2D eigenvalue weighted by Gasteiger charge is -2.41. The van der Waals surface area contributed by atoms with Crippen LogP contribution in [0, 0.1) is 11.3 Å².